The molecule has 0 N–H and O–H groups in total. The molecule has 1 aliphatic heterocycles. The van der Waals surface area contributed by atoms with E-state index in [4.69, 9.17) is 9.47 Å². The Kier molecular flexibility index (Phi) is 4.21. The van der Waals surface area contributed by atoms with Crippen LogP contribution in [0.2, 0.25) is 0 Å². The van der Waals surface area contributed by atoms with E-state index >= 15 is 0 Å². The zero-order chi connectivity index (χ0) is 15.7. The maximum atomic E-state index is 12.6. The van der Waals surface area contributed by atoms with Crippen LogP contribution in [0, 0.1) is 5.92 Å². The minimum atomic E-state index is -0.545. The highest BCUT2D eigenvalue weighted by Crippen LogP contribution is 2.44. The van der Waals surface area contributed by atoms with Crippen LogP contribution in [0.5, 0.6) is 11.5 Å². The Morgan fingerprint density at radius 2 is 1.95 bits per heavy atom. The van der Waals surface area contributed by atoms with Gasteiger partial charge >= 0.3 is 0 Å². The van der Waals surface area contributed by atoms with Gasteiger partial charge in [-0.15, -0.1) is 0 Å². The number of ether oxygens (including phenoxy) is 2. The Morgan fingerprint density at radius 1 is 1.29 bits per heavy atom. The van der Waals surface area contributed by atoms with Gasteiger partial charge in [-0.05, 0) is 31.9 Å². The summed E-state index contributed by atoms with van der Waals surface area (Å²) in [6.07, 6.45) is 0.191. The minimum Gasteiger partial charge on any atom is -0.493 e. The van der Waals surface area contributed by atoms with E-state index < -0.39 is 6.10 Å². The molecule has 0 radical (unpaired) electrons. The molecule has 1 aromatic carbocycles. The molecule has 5 heteroatoms. The van der Waals surface area contributed by atoms with Crippen molar-refractivity contribution in [3.05, 3.63) is 17.7 Å². The molecular formula is C16H21NO4. The first kappa shape index (κ1) is 15.4. The Bertz CT molecular complexity index is 566. The average Bonchev–Trinajstić information content (AvgIpc) is 2.44. The van der Waals surface area contributed by atoms with Crippen molar-refractivity contribution in [2.75, 3.05) is 12.0 Å². The Balaban J connectivity index is 2.65. The lowest BCUT2D eigenvalue weighted by atomic mass is 10.0. The topological polar surface area (TPSA) is 55.8 Å². The maximum Gasteiger partial charge on any atom is 0.268 e. The molecule has 1 unspecified atom stereocenters. The van der Waals surface area contributed by atoms with Gasteiger partial charge in [0.15, 0.2) is 17.6 Å². The third-order valence-electron chi connectivity index (χ3n) is 3.52. The van der Waals surface area contributed by atoms with Crippen LogP contribution in [0.4, 0.5) is 5.69 Å². The van der Waals surface area contributed by atoms with Crippen LogP contribution in [0.1, 0.15) is 38.1 Å². The first-order valence-electron chi connectivity index (χ1n) is 7.07. The number of rotatable bonds is 4. The number of benzene rings is 1. The normalized spacial score (nSPS) is 17.8. The molecule has 5 nitrogen and oxygen atoms in total. The van der Waals surface area contributed by atoms with Gasteiger partial charge in [0.05, 0.1) is 12.8 Å². The fourth-order valence-electron chi connectivity index (χ4n) is 2.51. The number of hydrogen-bond donors (Lipinski definition) is 0. The highest BCUT2D eigenvalue weighted by atomic mass is 16.5. The number of carbonyl (C=O) groups excluding carboxylic acids is 2. The minimum absolute atomic E-state index is 0.0343. The fraction of sp³-hybridized carbons (Fsp3) is 0.500. The standard InChI is InChI=1S/C16H21NO4/c1-9(2)14-16(19)17(10(3)4)12-6-11(8-18)7-13(20-5)15(12)21-14/h6-10,14H,1-5H3. The molecule has 0 fully saturated rings. The summed E-state index contributed by atoms with van der Waals surface area (Å²) < 4.78 is 11.2. The summed E-state index contributed by atoms with van der Waals surface area (Å²) >= 11 is 0. The predicted molar refractivity (Wildman–Crippen MR) is 80.3 cm³/mol. The van der Waals surface area contributed by atoms with Gasteiger partial charge in [-0.3, -0.25) is 9.59 Å². The zero-order valence-electron chi connectivity index (χ0n) is 13.0. The van der Waals surface area contributed by atoms with Gasteiger partial charge in [-0.25, -0.2) is 0 Å². The van der Waals surface area contributed by atoms with Crippen LogP contribution >= 0.6 is 0 Å². The molecule has 2 rings (SSSR count). The van der Waals surface area contributed by atoms with Gasteiger partial charge in [0.1, 0.15) is 6.29 Å². The van der Waals surface area contributed by atoms with E-state index in [1.165, 1.54) is 7.11 Å². The van der Waals surface area contributed by atoms with Crippen LogP contribution in [0.25, 0.3) is 0 Å². The molecule has 21 heavy (non-hydrogen) atoms. The third-order valence-corrected chi connectivity index (χ3v) is 3.52. The molecule has 1 aromatic rings. The Morgan fingerprint density at radius 3 is 2.43 bits per heavy atom. The molecule has 0 saturated carbocycles. The predicted octanol–water partition coefficient (Wildman–Crippen LogP) is 2.67. The van der Waals surface area contributed by atoms with Gasteiger partial charge < -0.3 is 14.4 Å². The SMILES string of the molecule is COc1cc(C=O)cc2c1OC(C(C)C)C(=O)N2C(C)C. The summed E-state index contributed by atoms with van der Waals surface area (Å²) in [7, 11) is 1.52. The van der Waals surface area contributed by atoms with Gasteiger partial charge in [0.2, 0.25) is 0 Å². The second-order valence-corrected chi connectivity index (χ2v) is 5.77. The highest BCUT2D eigenvalue weighted by molar-refractivity contribution is 6.02. The summed E-state index contributed by atoms with van der Waals surface area (Å²) in [5.74, 6) is 0.952. The van der Waals surface area contributed by atoms with Crippen molar-refractivity contribution in [1.82, 2.24) is 0 Å². The number of aldehydes is 1. The molecule has 1 heterocycles. The van der Waals surface area contributed by atoms with Crippen LogP contribution < -0.4 is 14.4 Å². The van der Waals surface area contributed by atoms with Crippen LogP contribution in [0.3, 0.4) is 0 Å². The lowest BCUT2D eigenvalue weighted by Crippen LogP contribution is -2.51. The smallest absolute Gasteiger partial charge is 0.268 e. The summed E-state index contributed by atoms with van der Waals surface area (Å²) in [5.41, 5.74) is 1.05. The van der Waals surface area contributed by atoms with Gasteiger partial charge in [-0.1, -0.05) is 13.8 Å². The molecule has 0 saturated heterocycles. The average molecular weight is 291 g/mol. The van der Waals surface area contributed by atoms with Crippen LogP contribution in [-0.2, 0) is 4.79 Å². The lowest BCUT2D eigenvalue weighted by Gasteiger charge is -2.38. The number of anilines is 1. The molecule has 114 valence electrons. The van der Waals surface area contributed by atoms with Crippen molar-refractivity contribution < 1.29 is 19.1 Å². The van der Waals surface area contributed by atoms with Crippen molar-refractivity contribution in [2.24, 2.45) is 5.92 Å². The van der Waals surface area contributed by atoms with Crippen molar-refractivity contribution in [1.29, 1.82) is 0 Å². The molecule has 1 amide bonds. The molecule has 1 aliphatic rings. The van der Waals surface area contributed by atoms with E-state index in [1.807, 2.05) is 27.7 Å². The van der Waals surface area contributed by atoms with Crippen LogP contribution in [0.15, 0.2) is 12.1 Å². The first-order chi connectivity index (χ1) is 9.90. The number of hydrogen-bond acceptors (Lipinski definition) is 4. The Labute approximate surface area is 124 Å². The molecule has 0 spiro atoms. The molecular weight excluding hydrogens is 270 g/mol. The number of amides is 1. The molecule has 1 atom stereocenters. The number of carbonyl (C=O) groups is 2. The second kappa shape index (κ2) is 5.76. The first-order valence-corrected chi connectivity index (χ1v) is 7.07. The summed E-state index contributed by atoms with van der Waals surface area (Å²) in [4.78, 5) is 25.4. The van der Waals surface area contributed by atoms with Gasteiger partial charge in [0, 0.05) is 11.6 Å². The van der Waals surface area contributed by atoms with E-state index in [0.717, 1.165) is 6.29 Å². The lowest BCUT2D eigenvalue weighted by molar-refractivity contribution is -0.128. The molecule has 0 aliphatic carbocycles. The number of methoxy groups -OCH3 is 1. The second-order valence-electron chi connectivity index (χ2n) is 5.77. The van der Waals surface area contributed by atoms with Crippen molar-refractivity contribution in [3.8, 4) is 11.5 Å². The zero-order valence-corrected chi connectivity index (χ0v) is 13.0. The summed E-state index contributed by atoms with van der Waals surface area (Å²) in [6.45, 7) is 7.76. The van der Waals surface area contributed by atoms with Crippen molar-refractivity contribution >= 4 is 17.9 Å². The van der Waals surface area contributed by atoms with Crippen LogP contribution in [-0.4, -0.2) is 31.4 Å². The monoisotopic (exact) mass is 291 g/mol. The molecule has 0 aromatic heterocycles. The summed E-state index contributed by atoms with van der Waals surface area (Å²) in [6, 6.07) is 3.25. The highest BCUT2D eigenvalue weighted by Gasteiger charge is 2.39. The van der Waals surface area contributed by atoms with E-state index in [1.54, 1.807) is 17.0 Å². The van der Waals surface area contributed by atoms with E-state index in [9.17, 15) is 9.59 Å². The van der Waals surface area contributed by atoms with Gasteiger partial charge in [-0.2, -0.15) is 0 Å². The number of fused-ring (bicyclic) bond motifs is 1. The Hall–Kier alpha value is -2.04. The quantitative estimate of drug-likeness (QED) is 0.800. The fourth-order valence-corrected chi connectivity index (χ4v) is 2.51. The van der Waals surface area contributed by atoms with E-state index in [-0.39, 0.29) is 17.9 Å². The summed E-state index contributed by atoms with van der Waals surface area (Å²) in [5, 5.41) is 0. The third kappa shape index (κ3) is 2.60. The number of nitrogens with zero attached hydrogens (tertiary/aromatic N) is 1. The van der Waals surface area contributed by atoms with E-state index in [2.05, 4.69) is 0 Å². The van der Waals surface area contributed by atoms with Crippen molar-refractivity contribution in [3.63, 3.8) is 0 Å². The molecule has 0 bridgehead atoms. The largest absolute Gasteiger partial charge is 0.493 e. The van der Waals surface area contributed by atoms with Gasteiger partial charge in [0.25, 0.3) is 5.91 Å². The van der Waals surface area contributed by atoms with E-state index in [0.29, 0.717) is 22.7 Å². The van der Waals surface area contributed by atoms with Crippen molar-refractivity contribution in [2.45, 2.75) is 39.8 Å². The maximum absolute atomic E-state index is 12.6.